The highest BCUT2D eigenvalue weighted by Crippen LogP contribution is 2.01. The summed E-state index contributed by atoms with van der Waals surface area (Å²) in [6, 6.07) is 0. The van der Waals surface area contributed by atoms with Gasteiger partial charge >= 0.3 is 12.4 Å². The molecule has 69 valence electrons. The lowest BCUT2D eigenvalue weighted by molar-refractivity contribution is -0.137. The van der Waals surface area contributed by atoms with Crippen molar-refractivity contribution in [1.29, 1.82) is 0 Å². The lowest BCUT2D eigenvalue weighted by Gasteiger charge is -1.97. The number of aliphatic carboxylic acids is 1. The molecule has 0 atom stereocenters. The Hall–Kier alpha value is -1.06. The van der Waals surface area contributed by atoms with Gasteiger partial charge in [0, 0.05) is 13.0 Å². The monoisotopic (exact) mass is 172 g/mol. The Balaban J connectivity index is 2.90. The number of carboxylic acid groups (broad SMARTS) is 1. The standard InChI is InChI=1S/C8H14NO3/c10-7-9-6-4-2-1-3-5-8(11)12/h1-6H2,(H,9,10)(H,11,12). The summed E-state index contributed by atoms with van der Waals surface area (Å²) in [5.41, 5.74) is 0. The first kappa shape index (κ1) is 10.9. The van der Waals surface area contributed by atoms with E-state index in [1.165, 1.54) is 0 Å². The first-order valence-corrected chi connectivity index (χ1v) is 4.09. The van der Waals surface area contributed by atoms with Crippen molar-refractivity contribution in [2.45, 2.75) is 32.1 Å². The van der Waals surface area contributed by atoms with E-state index in [-0.39, 0.29) is 6.42 Å². The van der Waals surface area contributed by atoms with Gasteiger partial charge in [0.1, 0.15) is 0 Å². The van der Waals surface area contributed by atoms with Gasteiger partial charge in [-0.05, 0) is 12.8 Å². The van der Waals surface area contributed by atoms with Crippen LogP contribution in [-0.4, -0.2) is 24.0 Å². The van der Waals surface area contributed by atoms with Crippen molar-refractivity contribution >= 4 is 12.4 Å². The van der Waals surface area contributed by atoms with Gasteiger partial charge < -0.3 is 10.4 Å². The smallest absolute Gasteiger partial charge is 0.309 e. The fraction of sp³-hybridized carbons (Fsp3) is 0.750. The van der Waals surface area contributed by atoms with Crippen molar-refractivity contribution in [3.8, 4) is 0 Å². The zero-order chi connectivity index (χ0) is 9.23. The highest BCUT2D eigenvalue weighted by molar-refractivity contribution is 5.66. The Kier molecular flexibility index (Phi) is 7.33. The van der Waals surface area contributed by atoms with Crippen molar-refractivity contribution in [2.75, 3.05) is 6.54 Å². The molecule has 4 heteroatoms. The molecule has 0 aliphatic heterocycles. The lowest BCUT2D eigenvalue weighted by Crippen LogP contribution is -2.11. The van der Waals surface area contributed by atoms with Crippen LogP contribution < -0.4 is 5.32 Å². The van der Waals surface area contributed by atoms with Gasteiger partial charge in [0.05, 0.1) is 0 Å². The topological polar surface area (TPSA) is 66.4 Å². The number of carbonyl (C=O) groups excluding carboxylic acids is 1. The number of unbranched alkanes of at least 4 members (excludes halogenated alkanes) is 3. The van der Waals surface area contributed by atoms with Crippen molar-refractivity contribution in [3.05, 3.63) is 0 Å². The van der Waals surface area contributed by atoms with Gasteiger partial charge in [-0.2, -0.15) is 0 Å². The molecule has 2 N–H and O–H groups in total. The van der Waals surface area contributed by atoms with E-state index < -0.39 is 5.97 Å². The fourth-order valence-electron chi connectivity index (χ4n) is 0.894. The maximum Gasteiger partial charge on any atom is 0.309 e. The Bertz CT molecular complexity index is 136. The molecule has 4 nitrogen and oxygen atoms in total. The lowest BCUT2D eigenvalue weighted by atomic mass is 10.1. The molecule has 1 amide bonds. The summed E-state index contributed by atoms with van der Waals surface area (Å²) in [6.45, 7) is 0.635. The van der Waals surface area contributed by atoms with Crippen molar-refractivity contribution in [3.63, 3.8) is 0 Å². The molecule has 0 heterocycles. The minimum absolute atomic E-state index is 0.243. The SMILES string of the molecule is O=[C]NCCCCCCC(=O)O. The molecule has 0 saturated heterocycles. The Labute approximate surface area is 72.0 Å². The van der Waals surface area contributed by atoms with Crippen LogP contribution in [0.3, 0.4) is 0 Å². The molecule has 0 spiro atoms. The van der Waals surface area contributed by atoms with Crippen LogP contribution in [0.15, 0.2) is 0 Å². The van der Waals surface area contributed by atoms with E-state index >= 15 is 0 Å². The average Bonchev–Trinajstić information content (AvgIpc) is 2.02. The fourth-order valence-corrected chi connectivity index (χ4v) is 0.894. The number of hydrogen-bond donors (Lipinski definition) is 2. The van der Waals surface area contributed by atoms with E-state index in [4.69, 9.17) is 5.11 Å². The summed E-state index contributed by atoms with van der Waals surface area (Å²) in [6.07, 6.45) is 5.32. The molecule has 0 bridgehead atoms. The van der Waals surface area contributed by atoms with E-state index in [0.717, 1.165) is 25.7 Å². The van der Waals surface area contributed by atoms with Gasteiger partial charge in [0.25, 0.3) is 0 Å². The Morgan fingerprint density at radius 3 is 2.50 bits per heavy atom. The molecule has 0 aliphatic carbocycles. The van der Waals surface area contributed by atoms with Crippen molar-refractivity contribution in [1.82, 2.24) is 5.32 Å². The molecule has 0 aliphatic rings. The molecule has 0 aromatic carbocycles. The third kappa shape index (κ3) is 8.94. The highest BCUT2D eigenvalue weighted by atomic mass is 16.4. The summed E-state index contributed by atoms with van der Waals surface area (Å²) in [4.78, 5) is 19.7. The molecule has 12 heavy (non-hydrogen) atoms. The van der Waals surface area contributed by atoms with E-state index in [1.54, 1.807) is 6.41 Å². The van der Waals surface area contributed by atoms with Crippen LogP contribution in [0.2, 0.25) is 0 Å². The normalized spacial score (nSPS) is 9.33. The van der Waals surface area contributed by atoms with E-state index in [0.29, 0.717) is 6.54 Å². The summed E-state index contributed by atoms with van der Waals surface area (Å²) in [5, 5.41) is 10.7. The highest BCUT2D eigenvalue weighted by Gasteiger charge is 1.95. The first-order valence-electron chi connectivity index (χ1n) is 4.09. The maximum atomic E-state index is 10.1. The van der Waals surface area contributed by atoms with Gasteiger partial charge in [-0.1, -0.05) is 12.8 Å². The third-order valence-corrected chi connectivity index (χ3v) is 1.51. The molecule has 0 unspecified atom stereocenters. The second-order valence-electron chi connectivity index (χ2n) is 2.59. The molecule has 1 radical (unpaired) electrons. The van der Waals surface area contributed by atoms with E-state index in [9.17, 15) is 9.59 Å². The zero-order valence-electron chi connectivity index (χ0n) is 7.01. The Morgan fingerprint density at radius 1 is 1.25 bits per heavy atom. The van der Waals surface area contributed by atoms with Crippen LogP contribution in [0.25, 0.3) is 0 Å². The predicted octanol–water partition coefficient (Wildman–Crippen LogP) is 0.678. The minimum atomic E-state index is -0.741. The van der Waals surface area contributed by atoms with Gasteiger partial charge in [0.2, 0.25) is 0 Å². The van der Waals surface area contributed by atoms with Crippen LogP contribution in [0.4, 0.5) is 0 Å². The number of amides is 1. The van der Waals surface area contributed by atoms with E-state index in [2.05, 4.69) is 5.32 Å². The number of rotatable bonds is 8. The molecular formula is C8H14NO3. The predicted molar refractivity (Wildman–Crippen MR) is 44.4 cm³/mol. The number of nitrogens with one attached hydrogen (secondary N) is 1. The van der Waals surface area contributed by atoms with Crippen LogP contribution in [0.1, 0.15) is 32.1 Å². The largest absolute Gasteiger partial charge is 0.481 e. The number of carbonyl (C=O) groups is 1. The summed E-state index contributed by atoms with van der Waals surface area (Å²) in [5.74, 6) is -0.741. The zero-order valence-corrected chi connectivity index (χ0v) is 7.01. The molecular weight excluding hydrogens is 158 g/mol. The maximum absolute atomic E-state index is 10.1. The van der Waals surface area contributed by atoms with Crippen LogP contribution in [0, 0.1) is 0 Å². The van der Waals surface area contributed by atoms with Crippen LogP contribution in [0.5, 0.6) is 0 Å². The summed E-state index contributed by atoms with van der Waals surface area (Å²) in [7, 11) is 0. The second-order valence-corrected chi connectivity index (χ2v) is 2.59. The van der Waals surface area contributed by atoms with Crippen molar-refractivity contribution < 1.29 is 14.7 Å². The number of hydrogen-bond acceptors (Lipinski definition) is 2. The molecule has 0 saturated carbocycles. The minimum Gasteiger partial charge on any atom is -0.481 e. The number of carboxylic acids is 1. The van der Waals surface area contributed by atoms with E-state index in [1.807, 2.05) is 0 Å². The first-order chi connectivity index (χ1) is 5.77. The molecule has 0 aromatic heterocycles. The van der Waals surface area contributed by atoms with Gasteiger partial charge in [0.15, 0.2) is 0 Å². The average molecular weight is 172 g/mol. The summed E-state index contributed by atoms with van der Waals surface area (Å²) < 4.78 is 0. The summed E-state index contributed by atoms with van der Waals surface area (Å²) >= 11 is 0. The van der Waals surface area contributed by atoms with Gasteiger partial charge in [-0.25, -0.2) is 0 Å². The quantitative estimate of drug-likeness (QED) is 0.418. The Morgan fingerprint density at radius 2 is 1.92 bits per heavy atom. The van der Waals surface area contributed by atoms with Crippen LogP contribution >= 0.6 is 0 Å². The van der Waals surface area contributed by atoms with Gasteiger partial charge in [-0.15, -0.1) is 0 Å². The molecule has 0 fully saturated rings. The molecule has 0 aromatic rings. The van der Waals surface area contributed by atoms with Crippen molar-refractivity contribution in [2.24, 2.45) is 0 Å². The molecule has 0 rings (SSSR count). The third-order valence-electron chi connectivity index (χ3n) is 1.51. The van der Waals surface area contributed by atoms with Gasteiger partial charge in [-0.3, -0.25) is 9.59 Å². The second kappa shape index (κ2) is 8.04. The van der Waals surface area contributed by atoms with Crippen LogP contribution in [-0.2, 0) is 9.59 Å².